The van der Waals surface area contributed by atoms with Crippen molar-refractivity contribution in [2.45, 2.75) is 57.0 Å². The molecule has 1 N–H and O–H groups in total. The Balaban J connectivity index is 1.92. The molecule has 104 valence electrons. The zero-order chi connectivity index (χ0) is 13.8. The zero-order valence-electron chi connectivity index (χ0n) is 11.4. The van der Waals surface area contributed by atoms with Crippen molar-refractivity contribution in [3.63, 3.8) is 0 Å². The van der Waals surface area contributed by atoms with E-state index in [9.17, 15) is 9.90 Å². The Morgan fingerprint density at radius 2 is 2.26 bits per heavy atom. The maximum Gasteiger partial charge on any atom is 0.334 e. The summed E-state index contributed by atoms with van der Waals surface area (Å²) >= 11 is 0. The van der Waals surface area contributed by atoms with Gasteiger partial charge in [0.1, 0.15) is 6.10 Å². The summed E-state index contributed by atoms with van der Waals surface area (Å²) in [7, 11) is 0. The summed E-state index contributed by atoms with van der Waals surface area (Å²) in [5, 5.41) is 10.3. The van der Waals surface area contributed by atoms with Crippen molar-refractivity contribution in [2.75, 3.05) is 0 Å². The number of fused-ring (bicyclic) bond motifs is 2. The quantitative estimate of drug-likeness (QED) is 0.313. The van der Waals surface area contributed by atoms with E-state index < -0.39 is 6.10 Å². The SMILES string of the molecule is C=C1C(=O)O[C@H]2C[C@]3(C)O[C@@H]3CC/C(C)=C/[C@@H](O)[C@H]12. The second-order valence-corrected chi connectivity index (χ2v) is 6.16. The normalized spacial score (nSPS) is 48.7. The molecule has 1 aliphatic carbocycles. The summed E-state index contributed by atoms with van der Waals surface area (Å²) in [6.07, 6.45) is 3.54. The average molecular weight is 264 g/mol. The van der Waals surface area contributed by atoms with Crippen LogP contribution in [0.2, 0.25) is 0 Å². The van der Waals surface area contributed by atoms with Crippen LogP contribution in [0.15, 0.2) is 23.8 Å². The molecule has 0 aromatic heterocycles. The number of esters is 1. The summed E-state index contributed by atoms with van der Waals surface area (Å²) in [4.78, 5) is 11.7. The van der Waals surface area contributed by atoms with Crippen LogP contribution in [-0.2, 0) is 14.3 Å². The molecule has 3 rings (SSSR count). The molecule has 4 nitrogen and oxygen atoms in total. The Morgan fingerprint density at radius 3 is 3.00 bits per heavy atom. The van der Waals surface area contributed by atoms with E-state index in [1.165, 1.54) is 0 Å². The molecule has 2 fully saturated rings. The van der Waals surface area contributed by atoms with Gasteiger partial charge < -0.3 is 14.6 Å². The molecule has 4 heteroatoms. The van der Waals surface area contributed by atoms with Crippen molar-refractivity contribution >= 4 is 5.97 Å². The van der Waals surface area contributed by atoms with Crippen LogP contribution in [0.3, 0.4) is 0 Å². The Bertz CT molecular complexity index is 467. The first-order valence-corrected chi connectivity index (χ1v) is 6.84. The van der Waals surface area contributed by atoms with Crippen LogP contribution in [0.25, 0.3) is 0 Å². The van der Waals surface area contributed by atoms with Crippen molar-refractivity contribution < 1.29 is 19.4 Å². The number of aliphatic hydroxyl groups excluding tert-OH is 1. The molecule has 2 aliphatic heterocycles. The monoisotopic (exact) mass is 264 g/mol. The summed E-state index contributed by atoms with van der Waals surface area (Å²) in [5.41, 5.74) is 1.28. The third-order valence-corrected chi connectivity index (χ3v) is 4.59. The molecule has 0 radical (unpaired) electrons. The molecule has 3 aliphatic rings. The highest BCUT2D eigenvalue weighted by Gasteiger charge is 2.56. The van der Waals surface area contributed by atoms with Crippen LogP contribution >= 0.6 is 0 Å². The molecule has 0 spiro atoms. The Morgan fingerprint density at radius 1 is 1.53 bits per heavy atom. The van der Waals surface area contributed by atoms with Gasteiger partial charge in [-0.15, -0.1) is 0 Å². The molecular weight excluding hydrogens is 244 g/mol. The maximum absolute atomic E-state index is 11.7. The summed E-state index contributed by atoms with van der Waals surface area (Å²) in [6.45, 7) is 7.83. The van der Waals surface area contributed by atoms with E-state index in [2.05, 4.69) is 13.5 Å². The maximum atomic E-state index is 11.7. The molecule has 0 aromatic rings. The van der Waals surface area contributed by atoms with Crippen molar-refractivity contribution in [3.8, 4) is 0 Å². The fourth-order valence-corrected chi connectivity index (χ4v) is 3.31. The number of ether oxygens (including phenoxy) is 2. The molecule has 0 saturated carbocycles. The molecule has 0 unspecified atom stereocenters. The average Bonchev–Trinajstić information content (AvgIpc) is 2.87. The largest absolute Gasteiger partial charge is 0.458 e. The predicted octanol–water partition coefficient (Wildman–Crippen LogP) is 1.73. The van der Waals surface area contributed by atoms with Crippen molar-refractivity contribution in [1.82, 2.24) is 0 Å². The van der Waals surface area contributed by atoms with Crippen LogP contribution in [0, 0.1) is 5.92 Å². The Hall–Kier alpha value is -1.13. The van der Waals surface area contributed by atoms with Crippen LogP contribution < -0.4 is 0 Å². The van der Waals surface area contributed by atoms with E-state index in [4.69, 9.17) is 9.47 Å². The van der Waals surface area contributed by atoms with E-state index in [1.54, 1.807) is 0 Å². The molecule has 0 aromatic carbocycles. The number of aliphatic hydroxyl groups is 1. The molecule has 19 heavy (non-hydrogen) atoms. The van der Waals surface area contributed by atoms with E-state index >= 15 is 0 Å². The van der Waals surface area contributed by atoms with E-state index in [-0.39, 0.29) is 29.7 Å². The molecule has 2 saturated heterocycles. The Labute approximate surface area is 113 Å². The van der Waals surface area contributed by atoms with E-state index in [0.717, 1.165) is 18.4 Å². The number of hydrogen-bond donors (Lipinski definition) is 1. The standard InChI is InChI=1S/C15H20O4/c1-8-4-5-12-15(3,19-12)7-11-13(10(16)6-8)9(2)14(17)18-11/h6,10-13,16H,2,4-5,7H2,1,3H3/b8-6+/t10-,11+,12-,13+,15+/m1/s1. The summed E-state index contributed by atoms with van der Waals surface area (Å²) in [5.74, 6) is -0.734. The molecule has 0 amide bonds. The van der Waals surface area contributed by atoms with Gasteiger partial charge >= 0.3 is 5.97 Å². The fourth-order valence-electron chi connectivity index (χ4n) is 3.31. The molecule has 0 bridgehead atoms. The van der Waals surface area contributed by atoms with Crippen LogP contribution in [0.1, 0.15) is 33.1 Å². The van der Waals surface area contributed by atoms with Gasteiger partial charge in [0.15, 0.2) is 0 Å². The van der Waals surface area contributed by atoms with Crippen molar-refractivity contribution in [2.24, 2.45) is 5.92 Å². The number of carbonyl (C=O) groups excluding carboxylic acids is 1. The topological polar surface area (TPSA) is 59.1 Å². The molecule has 2 heterocycles. The zero-order valence-corrected chi connectivity index (χ0v) is 11.4. The number of epoxide rings is 1. The number of allylic oxidation sites excluding steroid dienone is 1. The lowest BCUT2D eigenvalue weighted by molar-refractivity contribution is -0.140. The minimum Gasteiger partial charge on any atom is -0.458 e. The van der Waals surface area contributed by atoms with Gasteiger partial charge in [-0.2, -0.15) is 0 Å². The lowest BCUT2D eigenvalue weighted by Crippen LogP contribution is -2.32. The number of carbonyl (C=O) groups is 1. The summed E-state index contributed by atoms with van der Waals surface area (Å²) in [6, 6.07) is 0. The third kappa shape index (κ3) is 2.13. The summed E-state index contributed by atoms with van der Waals surface area (Å²) < 4.78 is 11.1. The molecular formula is C15H20O4. The highest BCUT2D eigenvalue weighted by Crippen LogP contribution is 2.47. The Kier molecular flexibility index (Phi) is 2.84. The second kappa shape index (κ2) is 4.18. The first-order valence-electron chi connectivity index (χ1n) is 6.84. The highest BCUT2D eigenvalue weighted by atomic mass is 16.6. The first kappa shape index (κ1) is 12.9. The van der Waals surface area contributed by atoms with Crippen molar-refractivity contribution in [1.29, 1.82) is 0 Å². The van der Waals surface area contributed by atoms with Gasteiger partial charge in [0.2, 0.25) is 0 Å². The molecule has 5 atom stereocenters. The van der Waals surface area contributed by atoms with Gasteiger partial charge in [-0.1, -0.05) is 18.2 Å². The van der Waals surface area contributed by atoms with Gasteiger partial charge in [0.05, 0.1) is 23.7 Å². The van der Waals surface area contributed by atoms with Crippen LogP contribution in [0.5, 0.6) is 0 Å². The second-order valence-electron chi connectivity index (χ2n) is 6.16. The lowest BCUT2D eigenvalue weighted by atomic mass is 9.83. The predicted molar refractivity (Wildman–Crippen MR) is 69.4 cm³/mol. The number of rotatable bonds is 0. The van der Waals surface area contributed by atoms with Gasteiger partial charge in [-0.25, -0.2) is 4.79 Å². The fraction of sp³-hybridized carbons (Fsp3) is 0.667. The minimum atomic E-state index is -0.706. The van der Waals surface area contributed by atoms with E-state index in [1.807, 2.05) is 13.0 Å². The first-order chi connectivity index (χ1) is 8.90. The van der Waals surface area contributed by atoms with Crippen LogP contribution in [0.4, 0.5) is 0 Å². The van der Waals surface area contributed by atoms with Gasteiger partial charge in [-0.3, -0.25) is 0 Å². The van der Waals surface area contributed by atoms with Crippen LogP contribution in [-0.4, -0.2) is 35.0 Å². The number of hydrogen-bond acceptors (Lipinski definition) is 4. The van der Waals surface area contributed by atoms with E-state index in [0.29, 0.717) is 12.0 Å². The smallest absolute Gasteiger partial charge is 0.334 e. The van der Waals surface area contributed by atoms with Crippen molar-refractivity contribution in [3.05, 3.63) is 23.8 Å². The highest BCUT2D eigenvalue weighted by molar-refractivity contribution is 5.91. The van der Waals surface area contributed by atoms with Gasteiger partial charge in [0.25, 0.3) is 0 Å². The lowest BCUT2D eigenvalue weighted by Gasteiger charge is -2.24. The van der Waals surface area contributed by atoms with Gasteiger partial charge in [0, 0.05) is 12.0 Å². The van der Waals surface area contributed by atoms with Gasteiger partial charge in [-0.05, 0) is 26.7 Å². The minimum absolute atomic E-state index is 0.217. The third-order valence-electron chi connectivity index (χ3n) is 4.59.